The second-order valence-electron chi connectivity index (χ2n) is 18.5. The lowest BCUT2D eigenvalue weighted by Gasteiger charge is -2.18. The molecule has 0 spiro atoms. The van der Waals surface area contributed by atoms with Gasteiger partial charge in [0.2, 0.25) is 0 Å². The summed E-state index contributed by atoms with van der Waals surface area (Å²) in [4.78, 5) is 38.1. The van der Waals surface area contributed by atoms with Crippen LogP contribution in [0, 0.1) is 0 Å². The number of esters is 3. The molecule has 0 aliphatic carbocycles. The first kappa shape index (κ1) is 65.1. The van der Waals surface area contributed by atoms with Crippen molar-refractivity contribution in [1.82, 2.24) is 0 Å². The molecule has 0 saturated carbocycles. The third-order valence-corrected chi connectivity index (χ3v) is 11.8. The van der Waals surface area contributed by atoms with Crippen LogP contribution in [-0.4, -0.2) is 37.2 Å². The summed E-state index contributed by atoms with van der Waals surface area (Å²) in [6, 6.07) is 0. The first-order valence-corrected chi connectivity index (χ1v) is 28.4. The van der Waals surface area contributed by atoms with Crippen molar-refractivity contribution in [3.05, 3.63) is 109 Å². The molecule has 69 heavy (non-hydrogen) atoms. The van der Waals surface area contributed by atoms with Gasteiger partial charge in [-0.25, -0.2) is 0 Å². The molecular weight excluding hydrogens is 853 g/mol. The van der Waals surface area contributed by atoms with E-state index in [-0.39, 0.29) is 37.5 Å². The summed E-state index contributed by atoms with van der Waals surface area (Å²) in [6.45, 7) is 6.41. The maximum atomic E-state index is 12.9. The average Bonchev–Trinajstić information content (AvgIpc) is 3.35. The molecule has 0 fully saturated rings. The van der Waals surface area contributed by atoms with Crippen molar-refractivity contribution in [2.75, 3.05) is 13.2 Å². The number of rotatable bonds is 50. The predicted octanol–water partition coefficient (Wildman–Crippen LogP) is 19.1. The van der Waals surface area contributed by atoms with Crippen molar-refractivity contribution in [2.24, 2.45) is 0 Å². The average molecular weight is 958 g/mol. The van der Waals surface area contributed by atoms with E-state index < -0.39 is 6.10 Å². The van der Waals surface area contributed by atoms with Crippen molar-refractivity contribution in [3.8, 4) is 0 Å². The molecule has 0 bridgehead atoms. The van der Waals surface area contributed by atoms with Crippen LogP contribution in [0.1, 0.15) is 252 Å². The van der Waals surface area contributed by atoms with E-state index in [9.17, 15) is 14.4 Å². The van der Waals surface area contributed by atoms with Crippen molar-refractivity contribution in [3.63, 3.8) is 0 Å². The number of carbonyl (C=O) groups excluding carboxylic acids is 3. The minimum Gasteiger partial charge on any atom is -0.462 e. The lowest BCUT2D eigenvalue weighted by Crippen LogP contribution is -2.30. The highest BCUT2D eigenvalue weighted by Crippen LogP contribution is 2.15. The monoisotopic (exact) mass is 957 g/mol. The van der Waals surface area contributed by atoms with Gasteiger partial charge in [0.1, 0.15) is 13.2 Å². The number of ether oxygens (including phenoxy) is 3. The van der Waals surface area contributed by atoms with Gasteiger partial charge in [0.15, 0.2) is 6.10 Å². The topological polar surface area (TPSA) is 78.9 Å². The fourth-order valence-electron chi connectivity index (χ4n) is 7.53. The summed E-state index contributed by atoms with van der Waals surface area (Å²) < 4.78 is 16.8. The molecule has 0 aliphatic rings. The Bertz CT molecular complexity index is 1420. The largest absolute Gasteiger partial charge is 0.462 e. The molecule has 0 amide bonds. The molecular formula is C63H104O6. The van der Waals surface area contributed by atoms with Crippen LogP contribution in [0.15, 0.2) is 109 Å². The highest BCUT2D eigenvalue weighted by atomic mass is 16.6. The first-order valence-electron chi connectivity index (χ1n) is 28.4. The maximum absolute atomic E-state index is 12.9. The van der Waals surface area contributed by atoms with Crippen LogP contribution in [0.3, 0.4) is 0 Å². The number of unbranched alkanes of at least 4 members (excludes halogenated alkanes) is 21. The molecule has 6 heteroatoms. The van der Waals surface area contributed by atoms with Crippen molar-refractivity contribution in [1.29, 1.82) is 0 Å². The molecule has 0 unspecified atom stereocenters. The highest BCUT2D eigenvalue weighted by Gasteiger charge is 2.19. The highest BCUT2D eigenvalue weighted by molar-refractivity contribution is 5.71. The first-order chi connectivity index (χ1) is 34.0. The second-order valence-corrected chi connectivity index (χ2v) is 18.5. The van der Waals surface area contributed by atoms with Crippen LogP contribution >= 0.6 is 0 Å². The van der Waals surface area contributed by atoms with E-state index >= 15 is 0 Å². The van der Waals surface area contributed by atoms with E-state index in [0.717, 1.165) is 89.9 Å². The van der Waals surface area contributed by atoms with Crippen LogP contribution in [0.25, 0.3) is 0 Å². The summed E-state index contributed by atoms with van der Waals surface area (Å²) in [7, 11) is 0. The third kappa shape index (κ3) is 54.9. The lowest BCUT2D eigenvalue weighted by molar-refractivity contribution is -0.166. The predicted molar refractivity (Wildman–Crippen MR) is 297 cm³/mol. The van der Waals surface area contributed by atoms with Crippen LogP contribution in [0.4, 0.5) is 0 Å². The van der Waals surface area contributed by atoms with Gasteiger partial charge in [0.05, 0.1) is 0 Å². The Morgan fingerprint density at radius 3 is 1.00 bits per heavy atom. The molecule has 0 radical (unpaired) electrons. The van der Waals surface area contributed by atoms with Crippen LogP contribution in [0.2, 0.25) is 0 Å². The molecule has 0 aliphatic heterocycles. The van der Waals surface area contributed by atoms with Gasteiger partial charge >= 0.3 is 17.9 Å². The Kier molecular flexibility index (Phi) is 53.4. The number of hydrogen-bond acceptors (Lipinski definition) is 6. The molecule has 0 saturated heterocycles. The molecule has 0 rings (SSSR count). The summed E-state index contributed by atoms with van der Waals surface area (Å²) in [5.41, 5.74) is 0. The van der Waals surface area contributed by atoms with Gasteiger partial charge < -0.3 is 14.2 Å². The number of allylic oxidation sites excluding steroid dienone is 18. The minimum absolute atomic E-state index is 0.121. The zero-order chi connectivity index (χ0) is 50.0. The van der Waals surface area contributed by atoms with E-state index in [1.165, 1.54) is 116 Å². The van der Waals surface area contributed by atoms with Crippen molar-refractivity contribution < 1.29 is 28.6 Å². The van der Waals surface area contributed by atoms with Crippen molar-refractivity contribution in [2.45, 2.75) is 258 Å². The summed E-state index contributed by atoms with van der Waals surface area (Å²) in [5, 5.41) is 0. The zero-order valence-electron chi connectivity index (χ0n) is 44.8. The molecule has 0 N–H and O–H groups in total. The smallest absolute Gasteiger partial charge is 0.306 e. The van der Waals surface area contributed by atoms with E-state index in [0.29, 0.717) is 19.3 Å². The molecule has 0 aromatic rings. The summed E-state index contributed by atoms with van der Waals surface area (Å²) >= 11 is 0. The molecule has 6 nitrogen and oxygen atoms in total. The normalized spacial score (nSPS) is 12.9. The summed E-state index contributed by atoms with van der Waals surface area (Å²) in [6.07, 6.45) is 76.6. The molecule has 0 heterocycles. The van der Waals surface area contributed by atoms with E-state index in [4.69, 9.17) is 14.2 Å². The standard InChI is InChI=1S/C63H104O6/c1-4-7-10-13-16-19-22-25-28-30-31-33-35-38-41-44-47-50-53-56-62(65)68-59-60(58-67-61(64)55-52-49-46-43-40-37-34-27-24-21-18-15-12-9-6-3)69-63(66)57-54-51-48-45-42-39-36-32-29-26-23-20-17-14-11-8-5-2/h7,10,16,18-19,21,25,27-28,31,33-34,38,40-41,43,47,50,60H,4-6,8-9,11-15,17,20,22-24,26,29-30,32,35-37,39,42,44-46,48-49,51-59H2,1-3H3/b10-7-,19-16-,21-18-,28-25-,33-31-,34-27-,41-38-,43-40-,50-47-/t60-/m0/s1. The number of hydrogen-bond donors (Lipinski definition) is 0. The lowest BCUT2D eigenvalue weighted by atomic mass is 10.0. The van der Waals surface area contributed by atoms with E-state index in [2.05, 4.69) is 124 Å². The SMILES string of the molecule is CC/C=C\C/C=C\C/C=C\C/C=C\C/C=C\C/C=C\CCC(=O)OC[C@H](COC(=O)CCCC/C=C\C/C=C\C/C=C\CCCCC)OC(=O)CCCCCCCCCCCCCCCCCCC. The fraction of sp³-hybridized carbons (Fsp3) is 0.667. The van der Waals surface area contributed by atoms with Gasteiger partial charge in [-0.1, -0.05) is 246 Å². The second kappa shape index (κ2) is 56.7. The molecule has 1 atom stereocenters. The Labute approximate surface area is 425 Å². The maximum Gasteiger partial charge on any atom is 0.306 e. The quantitative estimate of drug-likeness (QED) is 0.0262. The Hall–Kier alpha value is -3.93. The Balaban J connectivity index is 4.55. The van der Waals surface area contributed by atoms with Crippen LogP contribution in [-0.2, 0) is 28.6 Å². The minimum atomic E-state index is -0.824. The van der Waals surface area contributed by atoms with Gasteiger partial charge in [-0.05, 0) is 96.3 Å². The van der Waals surface area contributed by atoms with Crippen LogP contribution < -0.4 is 0 Å². The van der Waals surface area contributed by atoms with Crippen LogP contribution in [0.5, 0.6) is 0 Å². The molecule has 392 valence electrons. The Morgan fingerprint density at radius 1 is 0.304 bits per heavy atom. The zero-order valence-corrected chi connectivity index (χ0v) is 44.8. The summed E-state index contributed by atoms with van der Waals surface area (Å²) in [5.74, 6) is -1.04. The molecule has 0 aromatic carbocycles. The van der Waals surface area contributed by atoms with Gasteiger partial charge in [0, 0.05) is 19.3 Å². The Morgan fingerprint density at radius 2 is 0.594 bits per heavy atom. The van der Waals surface area contributed by atoms with E-state index in [1.54, 1.807) is 0 Å². The fourth-order valence-corrected chi connectivity index (χ4v) is 7.53. The van der Waals surface area contributed by atoms with Gasteiger partial charge in [-0.15, -0.1) is 0 Å². The van der Waals surface area contributed by atoms with Gasteiger partial charge in [-0.2, -0.15) is 0 Å². The van der Waals surface area contributed by atoms with Gasteiger partial charge in [-0.3, -0.25) is 14.4 Å². The van der Waals surface area contributed by atoms with Crippen molar-refractivity contribution >= 4 is 17.9 Å². The number of carbonyl (C=O) groups is 3. The molecule has 0 aromatic heterocycles. The van der Waals surface area contributed by atoms with E-state index in [1.807, 2.05) is 6.08 Å². The van der Waals surface area contributed by atoms with Gasteiger partial charge in [0.25, 0.3) is 0 Å². The third-order valence-electron chi connectivity index (χ3n) is 11.8.